The van der Waals surface area contributed by atoms with Gasteiger partial charge in [0.05, 0.1) is 23.9 Å². The number of morpholine rings is 1. The Balaban J connectivity index is 2.00. The van der Waals surface area contributed by atoms with Crippen molar-refractivity contribution >= 4 is 35.0 Å². The first-order valence-corrected chi connectivity index (χ1v) is 7.32. The van der Waals surface area contributed by atoms with Gasteiger partial charge in [-0.3, -0.25) is 0 Å². The van der Waals surface area contributed by atoms with Crippen LogP contribution in [0, 0.1) is 0 Å². The van der Waals surface area contributed by atoms with Crippen LogP contribution in [0.15, 0.2) is 24.3 Å². The molecule has 21 heavy (non-hydrogen) atoms. The van der Waals surface area contributed by atoms with Gasteiger partial charge in [0.2, 0.25) is 5.95 Å². The van der Waals surface area contributed by atoms with Crippen LogP contribution < -0.4 is 10.6 Å². The average molecular weight is 325 g/mol. The Bertz CT molecular complexity index is 659. The number of hydrogen-bond acceptors (Lipinski definition) is 5. The second-order valence-corrected chi connectivity index (χ2v) is 5.55. The van der Waals surface area contributed by atoms with Gasteiger partial charge in [0, 0.05) is 29.7 Å². The van der Waals surface area contributed by atoms with Crippen LogP contribution in [0.2, 0.25) is 10.0 Å². The number of nitrogen functional groups attached to an aromatic ring is 1. The van der Waals surface area contributed by atoms with Gasteiger partial charge in [-0.2, -0.15) is 4.98 Å². The summed E-state index contributed by atoms with van der Waals surface area (Å²) in [5.74, 6) is 1.01. The van der Waals surface area contributed by atoms with E-state index in [0.29, 0.717) is 40.7 Å². The van der Waals surface area contributed by atoms with Crippen molar-refractivity contribution in [2.75, 3.05) is 36.9 Å². The van der Waals surface area contributed by atoms with Gasteiger partial charge >= 0.3 is 0 Å². The third-order valence-electron chi connectivity index (χ3n) is 3.24. The number of aromatic nitrogens is 2. The van der Waals surface area contributed by atoms with Crippen molar-refractivity contribution in [3.63, 3.8) is 0 Å². The Hall–Kier alpha value is -1.56. The largest absolute Gasteiger partial charge is 0.384 e. The number of halogens is 2. The van der Waals surface area contributed by atoms with Crippen LogP contribution in [0.3, 0.4) is 0 Å². The summed E-state index contributed by atoms with van der Waals surface area (Å²) < 4.78 is 5.33. The van der Waals surface area contributed by atoms with Crippen LogP contribution >= 0.6 is 23.2 Å². The topological polar surface area (TPSA) is 64.3 Å². The fourth-order valence-corrected chi connectivity index (χ4v) is 2.70. The highest BCUT2D eigenvalue weighted by atomic mass is 35.5. The highest BCUT2D eigenvalue weighted by Gasteiger charge is 2.16. The van der Waals surface area contributed by atoms with Gasteiger partial charge in [-0.25, -0.2) is 4.98 Å². The second-order valence-electron chi connectivity index (χ2n) is 4.70. The number of hydrogen-bond donors (Lipinski definition) is 1. The summed E-state index contributed by atoms with van der Waals surface area (Å²) in [5.41, 5.74) is 7.37. The van der Waals surface area contributed by atoms with E-state index in [1.54, 1.807) is 18.2 Å². The molecule has 5 nitrogen and oxygen atoms in total. The molecule has 0 unspecified atom stereocenters. The summed E-state index contributed by atoms with van der Waals surface area (Å²) in [4.78, 5) is 10.9. The molecule has 1 fully saturated rings. The van der Waals surface area contributed by atoms with Gasteiger partial charge < -0.3 is 15.4 Å². The monoisotopic (exact) mass is 324 g/mol. The molecule has 7 heteroatoms. The molecule has 2 heterocycles. The first-order valence-electron chi connectivity index (χ1n) is 6.56. The molecule has 1 aliphatic heterocycles. The first-order chi connectivity index (χ1) is 10.1. The molecule has 0 atom stereocenters. The summed E-state index contributed by atoms with van der Waals surface area (Å²) in [6.45, 7) is 2.82. The summed E-state index contributed by atoms with van der Waals surface area (Å²) in [7, 11) is 0. The van der Waals surface area contributed by atoms with Crippen LogP contribution in [-0.2, 0) is 4.74 Å². The Morgan fingerprint density at radius 3 is 2.57 bits per heavy atom. The summed E-state index contributed by atoms with van der Waals surface area (Å²) in [6, 6.07) is 7.00. The molecule has 0 amide bonds. The van der Waals surface area contributed by atoms with E-state index >= 15 is 0 Å². The molecule has 1 aromatic heterocycles. The third-order valence-corrected chi connectivity index (χ3v) is 3.78. The lowest BCUT2D eigenvalue weighted by Crippen LogP contribution is -2.37. The molecule has 0 aliphatic carbocycles. The highest BCUT2D eigenvalue weighted by Crippen LogP contribution is 2.30. The fraction of sp³-hybridized carbons (Fsp3) is 0.286. The maximum atomic E-state index is 6.24. The Morgan fingerprint density at radius 1 is 1.10 bits per heavy atom. The Kier molecular flexibility index (Phi) is 4.14. The minimum atomic E-state index is 0.410. The molecule has 2 N–H and O–H groups in total. The van der Waals surface area contributed by atoms with Gasteiger partial charge in [-0.05, 0) is 18.2 Å². The SMILES string of the molecule is Nc1cc(-c2ccc(Cl)cc2Cl)nc(N2CCOCC2)n1. The summed E-state index contributed by atoms with van der Waals surface area (Å²) >= 11 is 12.2. The van der Waals surface area contributed by atoms with Crippen molar-refractivity contribution in [3.05, 3.63) is 34.3 Å². The quantitative estimate of drug-likeness (QED) is 0.920. The normalized spacial score (nSPS) is 15.2. The number of nitrogens with zero attached hydrogens (tertiary/aromatic N) is 3. The van der Waals surface area contributed by atoms with E-state index < -0.39 is 0 Å². The number of anilines is 2. The molecule has 3 rings (SSSR count). The molecular weight excluding hydrogens is 311 g/mol. The predicted molar refractivity (Wildman–Crippen MR) is 84.9 cm³/mol. The summed E-state index contributed by atoms with van der Waals surface area (Å²) in [6.07, 6.45) is 0. The molecule has 0 radical (unpaired) electrons. The van der Waals surface area contributed by atoms with E-state index in [9.17, 15) is 0 Å². The van der Waals surface area contributed by atoms with Crippen molar-refractivity contribution in [2.45, 2.75) is 0 Å². The van der Waals surface area contributed by atoms with E-state index in [0.717, 1.165) is 18.7 Å². The lowest BCUT2D eigenvalue weighted by molar-refractivity contribution is 0.122. The number of ether oxygens (including phenoxy) is 1. The third kappa shape index (κ3) is 3.20. The Morgan fingerprint density at radius 2 is 1.86 bits per heavy atom. The predicted octanol–water partition coefficient (Wildman–Crippen LogP) is 2.87. The molecule has 0 bridgehead atoms. The van der Waals surface area contributed by atoms with Crippen molar-refractivity contribution in [2.24, 2.45) is 0 Å². The maximum Gasteiger partial charge on any atom is 0.228 e. The second kappa shape index (κ2) is 6.05. The van der Waals surface area contributed by atoms with Crippen LogP contribution in [-0.4, -0.2) is 36.3 Å². The van der Waals surface area contributed by atoms with E-state index in [2.05, 4.69) is 9.97 Å². The highest BCUT2D eigenvalue weighted by molar-refractivity contribution is 6.36. The maximum absolute atomic E-state index is 6.24. The van der Waals surface area contributed by atoms with E-state index in [1.807, 2.05) is 11.0 Å². The van der Waals surface area contributed by atoms with E-state index in [1.165, 1.54) is 0 Å². The molecule has 0 saturated carbocycles. The number of benzene rings is 1. The van der Waals surface area contributed by atoms with Gasteiger partial charge in [0.15, 0.2) is 0 Å². The van der Waals surface area contributed by atoms with Crippen molar-refractivity contribution in [1.82, 2.24) is 9.97 Å². The van der Waals surface area contributed by atoms with Crippen molar-refractivity contribution in [3.8, 4) is 11.3 Å². The van der Waals surface area contributed by atoms with Crippen LogP contribution in [0.4, 0.5) is 11.8 Å². The average Bonchev–Trinajstić information content (AvgIpc) is 2.47. The van der Waals surface area contributed by atoms with Crippen molar-refractivity contribution < 1.29 is 4.74 Å². The lowest BCUT2D eigenvalue weighted by Gasteiger charge is -2.27. The lowest BCUT2D eigenvalue weighted by atomic mass is 10.1. The van der Waals surface area contributed by atoms with E-state index in [-0.39, 0.29) is 0 Å². The van der Waals surface area contributed by atoms with Crippen LogP contribution in [0.1, 0.15) is 0 Å². The van der Waals surface area contributed by atoms with Crippen molar-refractivity contribution in [1.29, 1.82) is 0 Å². The molecule has 0 spiro atoms. The molecule has 1 aromatic carbocycles. The molecule has 2 aromatic rings. The Labute approximate surface area is 132 Å². The van der Waals surface area contributed by atoms with E-state index in [4.69, 9.17) is 33.7 Å². The minimum absolute atomic E-state index is 0.410. The summed E-state index contributed by atoms with van der Waals surface area (Å²) in [5, 5.41) is 1.12. The van der Waals surface area contributed by atoms with Crippen LogP contribution in [0.5, 0.6) is 0 Å². The fourth-order valence-electron chi connectivity index (χ4n) is 2.19. The number of rotatable bonds is 2. The van der Waals surface area contributed by atoms with Gasteiger partial charge in [0.1, 0.15) is 5.82 Å². The zero-order valence-corrected chi connectivity index (χ0v) is 12.7. The molecular formula is C14H14Cl2N4O. The van der Waals surface area contributed by atoms with Gasteiger partial charge in [0.25, 0.3) is 0 Å². The zero-order valence-electron chi connectivity index (χ0n) is 11.2. The van der Waals surface area contributed by atoms with Gasteiger partial charge in [-0.15, -0.1) is 0 Å². The van der Waals surface area contributed by atoms with Crippen LogP contribution in [0.25, 0.3) is 11.3 Å². The molecule has 1 saturated heterocycles. The minimum Gasteiger partial charge on any atom is -0.384 e. The number of nitrogens with two attached hydrogens (primary N) is 1. The smallest absolute Gasteiger partial charge is 0.228 e. The molecule has 110 valence electrons. The molecule has 1 aliphatic rings. The first kappa shape index (κ1) is 14.4. The van der Waals surface area contributed by atoms with Gasteiger partial charge in [-0.1, -0.05) is 23.2 Å². The zero-order chi connectivity index (χ0) is 14.8. The standard InChI is InChI=1S/C14H14Cl2N4O/c15-9-1-2-10(11(16)7-9)12-8-13(17)19-14(18-12)20-3-5-21-6-4-20/h1-2,7-8H,3-6H2,(H2,17,18,19).